The van der Waals surface area contributed by atoms with Gasteiger partial charge >= 0.3 is 0 Å². The first-order valence-corrected chi connectivity index (χ1v) is 9.38. The van der Waals surface area contributed by atoms with E-state index in [9.17, 15) is 4.79 Å². The summed E-state index contributed by atoms with van der Waals surface area (Å²) in [4.78, 5) is 19.3. The van der Waals surface area contributed by atoms with Crippen LogP contribution in [0.4, 0.5) is 0 Å². The van der Waals surface area contributed by atoms with Crippen molar-refractivity contribution in [3.8, 4) is 5.75 Å². The highest BCUT2D eigenvalue weighted by molar-refractivity contribution is 5.98. The second-order valence-electron chi connectivity index (χ2n) is 7.31. The summed E-state index contributed by atoms with van der Waals surface area (Å²) < 4.78 is 6.23. The van der Waals surface area contributed by atoms with Crippen LogP contribution in [-0.2, 0) is 6.54 Å². The smallest absolute Gasteiger partial charge is 0.258 e. The molecule has 136 valence electrons. The number of nitrogens with one attached hydrogen (secondary N) is 1. The molecule has 3 aromatic rings. The third kappa shape index (κ3) is 2.94. The van der Waals surface area contributed by atoms with Gasteiger partial charge in [0.2, 0.25) is 0 Å². The fourth-order valence-corrected chi connectivity index (χ4v) is 4.09. The number of carbonyl (C=O) groups excluding carboxylic acids is 1. The Labute approximate surface area is 158 Å². The van der Waals surface area contributed by atoms with E-state index in [0.717, 1.165) is 38.0 Å². The molecule has 1 saturated heterocycles. The number of fused-ring (bicyclic) bond motifs is 2. The van der Waals surface area contributed by atoms with E-state index >= 15 is 0 Å². The lowest BCUT2D eigenvalue weighted by atomic mass is 9.96. The maximum Gasteiger partial charge on any atom is 0.258 e. The summed E-state index contributed by atoms with van der Waals surface area (Å²) in [5.41, 5.74) is 2.36. The molecule has 1 N–H and O–H groups in total. The molecule has 0 saturated carbocycles. The van der Waals surface area contributed by atoms with Crippen LogP contribution >= 0.6 is 0 Å². The number of hydrogen-bond acceptors (Lipinski definition) is 4. The Morgan fingerprint density at radius 3 is 2.70 bits per heavy atom. The summed E-state index contributed by atoms with van der Waals surface area (Å²) in [6.45, 7) is 2.63. The van der Waals surface area contributed by atoms with Gasteiger partial charge in [0, 0.05) is 44.1 Å². The van der Waals surface area contributed by atoms with Gasteiger partial charge in [-0.1, -0.05) is 30.3 Å². The largest absolute Gasteiger partial charge is 0.467 e. The van der Waals surface area contributed by atoms with Gasteiger partial charge < -0.3 is 10.1 Å². The number of hydrogen-bond donors (Lipinski definition) is 1. The Bertz CT molecular complexity index is 1000. The second kappa shape index (κ2) is 6.35. The lowest BCUT2D eigenvalue weighted by Crippen LogP contribution is -2.60. The third-order valence-electron chi connectivity index (χ3n) is 5.58. The van der Waals surface area contributed by atoms with Crippen LogP contribution in [0.25, 0.3) is 10.9 Å². The minimum atomic E-state index is -0.581. The average molecular weight is 359 g/mol. The van der Waals surface area contributed by atoms with Crippen molar-refractivity contribution in [1.82, 2.24) is 15.2 Å². The number of aromatic nitrogens is 1. The lowest BCUT2D eigenvalue weighted by molar-refractivity contribution is -0.0303. The van der Waals surface area contributed by atoms with Crippen molar-refractivity contribution < 1.29 is 9.53 Å². The minimum absolute atomic E-state index is 0.0366. The zero-order valence-corrected chi connectivity index (χ0v) is 15.0. The number of amides is 1. The van der Waals surface area contributed by atoms with E-state index < -0.39 is 5.72 Å². The van der Waals surface area contributed by atoms with Crippen LogP contribution in [-0.4, -0.2) is 34.6 Å². The van der Waals surface area contributed by atoms with Crippen LogP contribution in [0, 0.1) is 0 Å². The average Bonchev–Trinajstić information content (AvgIpc) is 2.70. The fraction of sp³-hybridized carbons (Fsp3) is 0.273. The van der Waals surface area contributed by atoms with E-state index in [2.05, 4.69) is 33.4 Å². The Hall–Kier alpha value is -2.92. The van der Waals surface area contributed by atoms with Crippen LogP contribution in [0.5, 0.6) is 5.75 Å². The molecule has 2 aromatic carbocycles. The summed E-state index contributed by atoms with van der Waals surface area (Å²) in [7, 11) is 0. The van der Waals surface area contributed by atoms with Gasteiger partial charge in [-0.2, -0.15) is 0 Å². The zero-order valence-electron chi connectivity index (χ0n) is 15.0. The first kappa shape index (κ1) is 16.3. The highest BCUT2D eigenvalue weighted by atomic mass is 16.5. The van der Waals surface area contributed by atoms with E-state index in [1.165, 1.54) is 10.9 Å². The number of piperidine rings is 1. The standard InChI is InChI=1S/C22H21N3O2/c26-21-18-6-2-4-8-20(18)27-22(24-21)10-13-25(14-11-22)15-16-9-12-23-19-7-3-1-5-17(16)19/h1-9,12H,10-11,13-15H2,(H,24,26). The third-order valence-corrected chi connectivity index (χ3v) is 5.58. The number of carbonyl (C=O) groups is 1. The summed E-state index contributed by atoms with van der Waals surface area (Å²) in [6, 6.07) is 17.8. The van der Waals surface area contributed by atoms with E-state index in [4.69, 9.17) is 4.74 Å². The molecule has 1 spiro atoms. The van der Waals surface area contributed by atoms with E-state index in [-0.39, 0.29) is 5.91 Å². The Morgan fingerprint density at radius 2 is 1.81 bits per heavy atom. The van der Waals surface area contributed by atoms with Gasteiger partial charge in [0.1, 0.15) is 5.75 Å². The first-order valence-electron chi connectivity index (χ1n) is 9.38. The van der Waals surface area contributed by atoms with Crippen LogP contribution in [0.2, 0.25) is 0 Å². The van der Waals surface area contributed by atoms with Gasteiger partial charge in [0.05, 0.1) is 11.1 Å². The van der Waals surface area contributed by atoms with Gasteiger partial charge in [-0.15, -0.1) is 0 Å². The van der Waals surface area contributed by atoms with Gasteiger partial charge in [-0.05, 0) is 29.8 Å². The van der Waals surface area contributed by atoms with Crippen LogP contribution in [0.3, 0.4) is 0 Å². The molecule has 0 unspecified atom stereocenters. The maximum atomic E-state index is 12.5. The number of para-hydroxylation sites is 2. The van der Waals surface area contributed by atoms with Crippen LogP contribution in [0.15, 0.2) is 60.8 Å². The molecule has 1 fully saturated rings. The topological polar surface area (TPSA) is 54.5 Å². The number of pyridine rings is 1. The molecular weight excluding hydrogens is 338 g/mol. The van der Waals surface area contributed by atoms with Gasteiger partial charge in [-0.25, -0.2) is 0 Å². The number of likely N-dealkylation sites (tertiary alicyclic amines) is 1. The molecule has 5 rings (SSSR count). The Morgan fingerprint density at radius 1 is 1.04 bits per heavy atom. The maximum absolute atomic E-state index is 12.5. The molecule has 3 heterocycles. The lowest BCUT2D eigenvalue weighted by Gasteiger charge is -2.44. The minimum Gasteiger partial charge on any atom is -0.467 e. The Balaban J connectivity index is 1.31. The SMILES string of the molecule is O=C1NC2(CCN(Cc3ccnc4ccccc34)CC2)Oc2ccccc21. The summed E-state index contributed by atoms with van der Waals surface area (Å²) in [5.74, 6) is 0.653. The molecule has 0 radical (unpaired) electrons. The van der Waals surface area contributed by atoms with Crippen LogP contribution < -0.4 is 10.1 Å². The molecule has 27 heavy (non-hydrogen) atoms. The molecule has 0 bridgehead atoms. The molecule has 5 heteroatoms. The van der Waals surface area contributed by atoms with Crippen molar-refractivity contribution in [2.24, 2.45) is 0 Å². The molecule has 1 aromatic heterocycles. The van der Waals surface area contributed by atoms with E-state index in [1.54, 1.807) is 6.07 Å². The number of rotatable bonds is 2. The normalized spacial score (nSPS) is 18.7. The first-order chi connectivity index (χ1) is 13.2. The monoisotopic (exact) mass is 359 g/mol. The highest BCUT2D eigenvalue weighted by Crippen LogP contribution is 2.33. The van der Waals surface area contributed by atoms with Crippen LogP contribution in [0.1, 0.15) is 28.8 Å². The Kier molecular flexibility index (Phi) is 3.83. The van der Waals surface area contributed by atoms with E-state index in [1.807, 2.05) is 36.5 Å². The molecular formula is C22H21N3O2. The van der Waals surface area contributed by atoms with Crippen molar-refractivity contribution in [2.45, 2.75) is 25.1 Å². The predicted molar refractivity (Wildman–Crippen MR) is 104 cm³/mol. The predicted octanol–water partition coefficient (Wildman–Crippen LogP) is 3.35. The number of ether oxygens (including phenoxy) is 1. The molecule has 0 aliphatic carbocycles. The van der Waals surface area contributed by atoms with Crippen molar-refractivity contribution in [1.29, 1.82) is 0 Å². The summed E-state index contributed by atoms with van der Waals surface area (Å²) in [5, 5.41) is 4.31. The molecule has 5 nitrogen and oxygen atoms in total. The highest BCUT2D eigenvalue weighted by Gasteiger charge is 2.42. The molecule has 0 atom stereocenters. The molecule has 1 amide bonds. The van der Waals surface area contributed by atoms with Crippen molar-refractivity contribution in [3.63, 3.8) is 0 Å². The van der Waals surface area contributed by atoms with E-state index in [0.29, 0.717) is 11.3 Å². The van der Waals surface area contributed by atoms with Gasteiger partial charge in [-0.3, -0.25) is 14.7 Å². The second-order valence-corrected chi connectivity index (χ2v) is 7.31. The van der Waals surface area contributed by atoms with Crippen molar-refractivity contribution in [2.75, 3.05) is 13.1 Å². The molecule has 2 aliphatic rings. The fourth-order valence-electron chi connectivity index (χ4n) is 4.09. The quantitative estimate of drug-likeness (QED) is 0.762. The number of benzene rings is 2. The summed E-state index contributed by atoms with van der Waals surface area (Å²) in [6.07, 6.45) is 3.43. The molecule has 2 aliphatic heterocycles. The zero-order chi connectivity index (χ0) is 18.3. The number of nitrogens with zero attached hydrogens (tertiary/aromatic N) is 2. The van der Waals surface area contributed by atoms with Gasteiger partial charge in [0.25, 0.3) is 5.91 Å². The van der Waals surface area contributed by atoms with Crippen molar-refractivity contribution in [3.05, 3.63) is 71.9 Å². The van der Waals surface area contributed by atoms with Gasteiger partial charge in [0.15, 0.2) is 5.72 Å². The van der Waals surface area contributed by atoms with Crippen molar-refractivity contribution >= 4 is 16.8 Å². The summed E-state index contributed by atoms with van der Waals surface area (Å²) >= 11 is 0.